The van der Waals surface area contributed by atoms with Crippen LogP contribution < -0.4 is 15.6 Å². The first-order valence-electron chi connectivity index (χ1n) is 11.6. The van der Waals surface area contributed by atoms with Gasteiger partial charge in [-0.25, -0.2) is 4.68 Å². The van der Waals surface area contributed by atoms with Crippen molar-refractivity contribution in [1.29, 1.82) is 0 Å². The fourth-order valence-corrected chi connectivity index (χ4v) is 4.81. The van der Waals surface area contributed by atoms with Gasteiger partial charge in [0.1, 0.15) is 5.75 Å². The summed E-state index contributed by atoms with van der Waals surface area (Å²) in [6.45, 7) is 2.59. The van der Waals surface area contributed by atoms with Crippen LogP contribution in [0.1, 0.15) is 54.7 Å². The zero-order chi connectivity index (χ0) is 22.8. The van der Waals surface area contributed by atoms with E-state index >= 15 is 0 Å². The molecule has 6 heteroatoms. The van der Waals surface area contributed by atoms with Gasteiger partial charge in [-0.05, 0) is 42.7 Å². The third kappa shape index (κ3) is 3.97. The van der Waals surface area contributed by atoms with Crippen molar-refractivity contribution in [1.82, 2.24) is 15.1 Å². The summed E-state index contributed by atoms with van der Waals surface area (Å²) in [6, 6.07) is 19.2. The minimum atomic E-state index is -0.222. The van der Waals surface area contributed by atoms with Crippen LogP contribution in [-0.2, 0) is 6.54 Å². The number of rotatable bonds is 6. The number of ether oxygens (including phenoxy) is 1. The van der Waals surface area contributed by atoms with Gasteiger partial charge >= 0.3 is 0 Å². The number of hydrogen-bond acceptors (Lipinski definition) is 4. The van der Waals surface area contributed by atoms with Crippen LogP contribution in [0.3, 0.4) is 0 Å². The van der Waals surface area contributed by atoms with Crippen LogP contribution in [0.25, 0.3) is 21.5 Å². The number of nitrogens with one attached hydrogen (secondary N) is 1. The normalized spacial score (nSPS) is 14.1. The zero-order valence-electron chi connectivity index (χ0n) is 18.7. The predicted octanol–water partition coefficient (Wildman–Crippen LogP) is 4.99. The lowest BCUT2D eigenvalue weighted by Crippen LogP contribution is -2.30. The SMILES string of the molecule is CCOc1ccc2ccccc2c1C(=O)NCc1nn(C2CCCC2)c(=O)c2ccccc12. The first-order valence-corrected chi connectivity index (χ1v) is 11.6. The summed E-state index contributed by atoms with van der Waals surface area (Å²) in [5, 5.41) is 11.0. The molecule has 0 radical (unpaired) electrons. The highest BCUT2D eigenvalue weighted by molar-refractivity contribution is 6.09. The molecule has 1 aliphatic carbocycles. The first-order chi connectivity index (χ1) is 16.2. The van der Waals surface area contributed by atoms with Gasteiger partial charge < -0.3 is 10.1 Å². The van der Waals surface area contributed by atoms with E-state index in [0.717, 1.165) is 41.8 Å². The van der Waals surface area contributed by atoms with Crippen LogP contribution in [0.15, 0.2) is 65.5 Å². The molecule has 0 aliphatic heterocycles. The number of hydrogen-bond donors (Lipinski definition) is 1. The van der Waals surface area contributed by atoms with Gasteiger partial charge in [-0.1, -0.05) is 61.4 Å². The summed E-state index contributed by atoms with van der Waals surface area (Å²) in [5.74, 6) is 0.335. The average Bonchev–Trinajstić information content (AvgIpc) is 3.38. The van der Waals surface area contributed by atoms with Crippen molar-refractivity contribution in [2.75, 3.05) is 6.61 Å². The highest BCUT2D eigenvalue weighted by Gasteiger charge is 2.22. The molecule has 5 rings (SSSR count). The summed E-state index contributed by atoms with van der Waals surface area (Å²) < 4.78 is 7.41. The Kier molecular flexibility index (Phi) is 5.82. The Hall–Kier alpha value is -3.67. The number of aromatic nitrogens is 2. The molecule has 1 fully saturated rings. The van der Waals surface area contributed by atoms with Gasteiger partial charge in [0.25, 0.3) is 11.5 Å². The third-order valence-corrected chi connectivity index (χ3v) is 6.41. The molecule has 0 bridgehead atoms. The van der Waals surface area contributed by atoms with Crippen molar-refractivity contribution in [3.63, 3.8) is 0 Å². The van der Waals surface area contributed by atoms with Gasteiger partial charge in [0.05, 0.1) is 35.8 Å². The predicted molar refractivity (Wildman–Crippen MR) is 130 cm³/mol. The number of carbonyl (C=O) groups is 1. The first kappa shape index (κ1) is 21.2. The molecular formula is C27H27N3O3. The van der Waals surface area contributed by atoms with Gasteiger partial charge in [0.2, 0.25) is 0 Å². The lowest BCUT2D eigenvalue weighted by molar-refractivity contribution is 0.0948. The van der Waals surface area contributed by atoms with Crippen molar-refractivity contribution in [2.24, 2.45) is 0 Å². The highest BCUT2D eigenvalue weighted by Crippen LogP contribution is 2.30. The third-order valence-electron chi connectivity index (χ3n) is 6.41. The molecule has 1 saturated carbocycles. The Bertz CT molecular complexity index is 1390. The summed E-state index contributed by atoms with van der Waals surface area (Å²) in [5.41, 5.74) is 1.16. The number of nitrogens with zero attached hydrogens (tertiary/aromatic N) is 2. The number of carbonyl (C=O) groups excluding carboxylic acids is 1. The summed E-state index contributed by atoms with van der Waals surface area (Å²) in [6.07, 6.45) is 4.15. The molecule has 1 amide bonds. The van der Waals surface area contributed by atoms with E-state index in [-0.39, 0.29) is 24.1 Å². The number of amides is 1. The largest absolute Gasteiger partial charge is 0.493 e. The Balaban J connectivity index is 1.52. The molecule has 1 heterocycles. The van der Waals surface area contributed by atoms with Crippen molar-refractivity contribution in [3.8, 4) is 5.75 Å². The summed E-state index contributed by atoms with van der Waals surface area (Å²) >= 11 is 0. The zero-order valence-corrected chi connectivity index (χ0v) is 18.7. The molecule has 168 valence electrons. The molecule has 1 aromatic heterocycles. The minimum absolute atomic E-state index is 0.0553. The molecule has 1 N–H and O–H groups in total. The highest BCUT2D eigenvalue weighted by atomic mass is 16.5. The Morgan fingerprint density at radius 3 is 2.45 bits per heavy atom. The molecular weight excluding hydrogens is 414 g/mol. The monoisotopic (exact) mass is 441 g/mol. The molecule has 0 saturated heterocycles. The average molecular weight is 442 g/mol. The Morgan fingerprint density at radius 1 is 1.00 bits per heavy atom. The van der Waals surface area contributed by atoms with Gasteiger partial charge in [-0.2, -0.15) is 5.10 Å². The molecule has 3 aromatic carbocycles. The van der Waals surface area contributed by atoms with E-state index in [4.69, 9.17) is 9.84 Å². The maximum atomic E-state index is 13.4. The van der Waals surface area contributed by atoms with Gasteiger partial charge in [-0.15, -0.1) is 0 Å². The topological polar surface area (TPSA) is 73.2 Å². The van der Waals surface area contributed by atoms with Crippen LogP contribution in [-0.4, -0.2) is 22.3 Å². The second-order valence-corrected chi connectivity index (χ2v) is 8.46. The van der Waals surface area contributed by atoms with E-state index in [1.165, 1.54) is 0 Å². The van der Waals surface area contributed by atoms with Crippen molar-refractivity contribution in [3.05, 3.63) is 82.3 Å². The van der Waals surface area contributed by atoms with E-state index in [1.54, 1.807) is 4.68 Å². The van der Waals surface area contributed by atoms with Crippen molar-refractivity contribution >= 4 is 27.5 Å². The maximum absolute atomic E-state index is 13.4. The quantitative estimate of drug-likeness (QED) is 0.457. The molecule has 33 heavy (non-hydrogen) atoms. The smallest absolute Gasteiger partial charge is 0.274 e. The van der Waals surface area contributed by atoms with Crippen LogP contribution >= 0.6 is 0 Å². The van der Waals surface area contributed by atoms with Crippen LogP contribution in [0, 0.1) is 0 Å². The summed E-state index contributed by atoms with van der Waals surface area (Å²) in [7, 11) is 0. The second-order valence-electron chi connectivity index (χ2n) is 8.46. The lowest BCUT2D eigenvalue weighted by Gasteiger charge is -2.17. The Labute approximate surface area is 192 Å². The van der Waals surface area contributed by atoms with E-state index in [2.05, 4.69) is 5.32 Å². The molecule has 0 atom stereocenters. The van der Waals surface area contributed by atoms with Crippen molar-refractivity contribution in [2.45, 2.75) is 45.2 Å². The van der Waals surface area contributed by atoms with Gasteiger partial charge in [-0.3, -0.25) is 9.59 Å². The standard InChI is InChI=1S/C27H27N3O3/c1-2-33-24-16-15-18-9-3-6-12-20(18)25(24)26(31)28-17-23-21-13-7-8-14-22(21)27(32)30(29-23)19-10-4-5-11-19/h3,6-9,12-16,19H,2,4-5,10-11,17H2,1H3,(H,28,31). The Morgan fingerprint density at radius 2 is 1.70 bits per heavy atom. The fourth-order valence-electron chi connectivity index (χ4n) is 4.81. The lowest BCUT2D eigenvalue weighted by atomic mass is 10.0. The fraction of sp³-hybridized carbons (Fsp3) is 0.296. The van der Waals surface area contributed by atoms with Crippen molar-refractivity contribution < 1.29 is 9.53 Å². The van der Waals surface area contributed by atoms with Crippen LogP contribution in [0.5, 0.6) is 5.75 Å². The molecule has 4 aromatic rings. The number of benzene rings is 3. The number of fused-ring (bicyclic) bond motifs is 2. The summed E-state index contributed by atoms with van der Waals surface area (Å²) in [4.78, 5) is 26.5. The van der Waals surface area contributed by atoms with Gasteiger partial charge in [0.15, 0.2) is 0 Å². The van der Waals surface area contributed by atoms with E-state index in [9.17, 15) is 9.59 Å². The molecule has 6 nitrogen and oxygen atoms in total. The minimum Gasteiger partial charge on any atom is -0.493 e. The molecule has 1 aliphatic rings. The van der Waals surface area contributed by atoms with Crippen LogP contribution in [0.4, 0.5) is 0 Å². The molecule has 0 spiro atoms. The van der Waals surface area contributed by atoms with E-state index in [0.29, 0.717) is 29.0 Å². The second kappa shape index (κ2) is 9.06. The van der Waals surface area contributed by atoms with E-state index in [1.807, 2.05) is 67.6 Å². The van der Waals surface area contributed by atoms with Gasteiger partial charge in [0, 0.05) is 5.39 Å². The van der Waals surface area contributed by atoms with Crippen LogP contribution in [0.2, 0.25) is 0 Å². The van der Waals surface area contributed by atoms with E-state index < -0.39 is 0 Å². The maximum Gasteiger partial charge on any atom is 0.274 e. The molecule has 0 unspecified atom stereocenters.